The highest BCUT2D eigenvalue weighted by molar-refractivity contribution is 8.26. The number of para-hydroxylation sites is 1. The van der Waals surface area contributed by atoms with Crippen molar-refractivity contribution >= 4 is 40.3 Å². The van der Waals surface area contributed by atoms with Gasteiger partial charge in [-0.25, -0.2) is 0 Å². The standard InChI is InChI=1S/C18H16N2OS2/c1-3-11-19-17(21)16(23-18(19)22)12-15-10-9-13(2)20(15)14-7-5-4-6-8-14/h3-10,12H,1,11H2,2H3/b16-12-. The molecule has 1 amide bonds. The van der Waals surface area contributed by atoms with Crippen LogP contribution in [0, 0.1) is 6.92 Å². The molecule has 0 radical (unpaired) electrons. The number of nitrogens with zero attached hydrogens (tertiary/aromatic N) is 2. The Kier molecular flexibility index (Phi) is 4.50. The summed E-state index contributed by atoms with van der Waals surface area (Å²) in [7, 11) is 0. The number of aryl methyl sites for hydroxylation is 1. The lowest BCUT2D eigenvalue weighted by Crippen LogP contribution is -2.27. The second-order valence-electron chi connectivity index (χ2n) is 5.15. The molecule has 23 heavy (non-hydrogen) atoms. The van der Waals surface area contributed by atoms with Gasteiger partial charge in [-0.3, -0.25) is 9.69 Å². The Morgan fingerprint density at radius 2 is 1.96 bits per heavy atom. The van der Waals surface area contributed by atoms with E-state index in [0.717, 1.165) is 17.1 Å². The van der Waals surface area contributed by atoms with Crippen LogP contribution in [0.3, 0.4) is 0 Å². The van der Waals surface area contributed by atoms with Crippen molar-refractivity contribution in [2.75, 3.05) is 6.54 Å². The number of hydrogen-bond donors (Lipinski definition) is 0. The highest BCUT2D eigenvalue weighted by atomic mass is 32.2. The van der Waals surface area contributed by atoms with Crippen molar-refractivity contribution in [3.63, 3.8) is 0 Å². The molecular formula is C18H16N2OS2. The van der Waals surface area contributed by atoms with Gasteiger partial charge >= 0.3 is 0 Å². The lowest BCUT2D eigenvalue weighted by molar-refractivity contribution is -0.121. The van der Waals surface area contributed by atoms with Crippen molar-refractivity contribution < 1.29 is 4.79 Å². The molecule has 0 spiro atoms. The van der Waals surface area contributed by atoms with Gasteiger partial charge in [0.05, 0.1) is 4.91 Å². The van der Waals surface area contributed by atoms with E-state index in [0.29, 0.717) is 15.8 Å². The monoisotopic (exact) mass is 340 g/mol. The van der Waals surface area contributed by atoms with E-state index in [1.165, 1.54) is 11.8 Å². The lowest BCUT2D eigenvalue weighted by atomic mass is 10.3. The summed E-state index contributed by atoms with van der Waals surface area (Å²) >= 11 is 6.62. The molecule has 2 heterocycles. The second-order valence-corrected chi connectivity index (χ2v) is 6.83. The summed E-state index contributed by atoms with van der Waals surface area (Å²) in [6.45, 7) is 6.17. The van der Waals surface area contributed by atoms with Crippen LogP contribution in [0.1, 0.15) is 11.4 Å². The molecule has 1 aromatic heterocycles. The number of carbonyl (C=O) groups excluding carboxylic acids is 1. The molecule has 1 aromatic carbocycles. The first-order chi connectivity index (χ1) is 11.1. The summed E-state index contributed by atoms with van der Waals surface area (Å²) in [5.41, 5.74) is 3.15. The fourth-order valence-electron chi connectivity index (χ4n) is 2.52. The summed E-state index contributed by atoms with van der Waals surface area (Å²) in [6, 6.07) is 14.2. The molecule has 0 unspecified atom stereocenters. The first-order valence-electron chi connectivity index (χ1n) is 7.22. The summed E-state index contributed by atoms with van der Waals surface area (Å²) < 4.78 is 2.70. The minimum atomic E-state index is -0.0571. The Morgan fingerprint density at radius 3 is 2.65 bits per heavy atom. The molecule has 1 aliphatic rings. The largest absolute Gasteiger partial charge is 0.314 e. The Bertz CT molecular complexity index is 806. The van der Waals surface area contributed by atoms with Gasteiger partial charge in [-0.2, -0.15) is 0 Å². The highest BCUT2D eigenvalue weighted by Crippen LogP contribution is 2.33. The Hall–Kier alpha value is -2.11. The number of hydrogen-bond acceptors (Lipinski definition) is 3. The van der Waals surface area contributed by atoms with Crippen molar-refractivity contribution in [1.82, 2.24) is 9.47 Å². The molecule has 0 aliphatic carbocycles. The van der Waals surface area contributed by atoms with Crippen molar-refractivity contribution in [3.8, 4) is 5.69 Å². The van der Waals surface area contributed by atoms with Gasteiger partial charge in [0, 0.05) is 23.6 Å². The minimum Gasteiger partial charge on any atom is -0.314 e. The fraction of sp³-hybridized carbons (Fsp3) is 0.111. The third-order valence-electron chi connectivity index (χ3n) is 3.58. The average molecular weight is 340 g/mol. The van der Waals surface area contributed by atoms with Crippen molar-refractivity contribution in [2.24, 2.45) is 0 Å². The quantitative estimate of drug-likeness (QED) is 0.474. The number of amides is 1. The number of carbonyl (C=O) groups is 1. The molecule has 2 aromatic rings. The SMILES string of the molecule is C=CCN1C(=O)/C(=C/c2ccc(C)n2-c2ccccc2)SC1=S. The molecule has 0 bridgehead atoms. The molecule has 116 valence electrons. The van der Waals surface area contributed by atoms with E-state index < -0.39 is 0 Å². The van der Waals surface area contributed by atoms with Crippen LogP contribution in [0.2, 0.25) is 0 Å². The average Bonchev–Trinajstić information content (AvgIpc) is 3.04. The number of thioether (sulfide) groups is 1. The van der Waals surface area contributed by atoms with Gasteiger partial charge in [0.25, 0.3) is 5.91 Å². The van der Waals surface area contributed by atoms with Crippen LogP contribution in [-0.2, 0) is 4.79 Å². The molecule has 0 N–H and O–H groups in total. The zero-order chi connectivity index (χ0) is 16.4. The Morgan fingerprint density at radius 1 is 1.22 bits per heavy atom. The molecule has 3 nitrogen and oxygen atoms in total. The number of thiocarbonyl (C=S) groups is 1. The predicted molar refractivity (Wildman–Crippen MR) is 101 cm³/mol. The zero-order valence-corrected chi connectivity index (χ0v) is 14.4. The van der Waals surface area contributed by atoms with Crippen molar-refractivity contribution in [3.05, 3.63) is 71.4 Å². The normalized spacial score (nSPS) is 16.4. The molecule has 0 atom stereocenters. The van der Waals surface area contributed by atoms with E-state index in [4.69, 9.17) is 12.2 Å². The smallest absolute Gasteiger partial charge is 0.266 e. The van der Waals surface area contributed by atoms with Crippen LogP contribution in [0.15, 0.2) is 60.0 Å². The van der Waals surface area contributed by atoms with Crippen LogP contribution in [-0.4, -0.2) is 26.2 Å². The third-order valence-corrected chi connectivity index (χ3v) is 4.96. The number of aromatic nitrogens is 1. The van der Waals surface area contributed by atoms with Crippen LogP contribution in [0.4, 0.5) is 0 Å². The molecule has 1 aliphatic heterocycles. The van der Waals surface area contributed by atoms with Gasteiger partial charge < -0.3 is 4.57 Å². The van der Waals surface area contributed by atoms with Crippen LogP contribution >= 0.6 is 24.0 Å². The topological polar surface area (TPSA) is 25.2 Å². The van der Waals surface area contributed by atoms with Crippen LogP contribution in [0.25, 0.3) is 11.8 Å². The van der Waals surface area contributed by atoms with Gasteiger partial charge in [-0.15, -0.1) is 6.58 Å². The third kappa shape index (κ3) is 3.02. The van der Waals surface area contributed by atoms with Gasteiger partial charge in [0.1, 0.15) is 4.32 Å². The second kappa shape index (κ2) is 6.56. The maximum Gasteiger partial charge on any atom is 0.266 e. The van der Waals surface area contributed by atoms with Gasteiger partial charge in [0.15, 0.2) is 0 Å². The maximum atomic E-state index is 12.5. The van der Waals surface area contributed by atoms with Crippen LogP contribution in [0.5, 0.6) is 0 Å². The summed E-state index contributed by atoms with van der Waals surface area (Å²) in [5, 5.41) is 0. The summed E-state index contributed by atoms with van der Waals surface area (Å²) in [4.78, 5) is 14.7. The minimum absolute atomic E-state index is 0.0571. The Labute approximate surface area is 145 Å². The van der Waals surface area contributed by atoms with Crippen LogP contribution < -0.4 is 0 Å². The van der Waals surface area contributed by atoms with E-state index in [9.17, 15) is 4.79 Å². The molecular weight excluding hydrogens is 324 g/mol. The lowest BCUT2D eigenvalue weighted by Gasteiger charge is -2.11. The fourth-order valence-corrected chi connectivity index (χ4v) is 3.78. The van der Waals surface area contributed by atoms with Crippen molar-refractivity contribution in [1.29, 1.82) is 0 Å². The molecule has 1 fully saturated rings. The van der Waals surface area contributed by atoms with E-state index in [2.05, 4.69) is 11.1 Å². The number of benzene rings is 1. The molecule has 3 rings (SSSR count). The maximum absolute atomic E-state index is 12.5. The molecule has 1 saturated heterocycles. The van der Waals surface area contributed by atoms with Crippen molar-refractivity contribution in [2.45, 2.75) is 6.92 Å². The van der Waals surface area contributed by atoms with E-state index in [1.807, 2.05) is 55.5 Å². The van der Waals surface area contributed by atoms with Gasteiger partial charge in [-0.1, -0.05) is 48.3 Å². The van der Waals surface area contributed by atoms with E-state index in [-0.39, 0.29) is 5.91 Å². The van der Waals surface area contributed by atoms with E-state index >= 15 is 0 Å². The van der Waals surface area contributed by atoms with Gasteiger partial charge in [0.2, 0.25) is 0 Å². The number of rotatable bonds is 4. The first-order valence-corrected chi connectivity index (χ1v) is 8.44. The van der Waals surface area contributed by atoms with E-state index in [1.54, 1.807) is 11.0 Å². The highest BCUT2D eigenvalue weighted by Gasteiger charge is 2.31. The zero-order valence-electron chi connectivity index (χ0n) is 12.7. The van der Waals surface area contributed by atoms with Gasteiger partial charge in [-0.05, 0) is 37.3 Å². The summed E-state index contributed by atoms with van der Waals surface area (Å²) in [6.07, 6.45) is 3.59. The molecule has 0 saturated carbocycles. The summed E-state index contributed by atoms with van der Waals surface area (Å²) in [5.74, 6) is -0.0571. The predicted octanol–water partition coefficient (Wildman–Crippen LogP) is 4.17. The molecule has 5 heteroatoms. The Balaban J connectivity index is 2.00. The first kappa shape index (κ1) is 15.8.